The van der Waals surface area contributed by atoms with Gasteiger partial charge < -0.3 is 60.8 Å². The third kappa shape index (κ3) is 38.1. The first-order chi connectivity index (χ1) is 28.5. The molecule has 0 aliphatic rings. The van der Waals surface area contributed by atoms with E-state index < -0.39 is 30.0 Å². The van der Waals surface area contributed by atoms with Gasteiger partial charge in [-0.25, -0.2) is 4.79 Å². The summed E-state index contributed by atoms with van der Waals surface area (Å²) in [6.07, 6.45) is 14.2. The summed E-state index contributed by atoms with van der Waals surface area (Å²) in [6.45, 7) is 1.72. The first-order valence-corrected chi connectivity index (χ1v) is 21.0. The Kier molecular flexibility index (Phi) is 37.0. The smallest absolute Gasteiger partial charge is 0.326 e. The van der Waals surface area contributed by atoms with Gasteiger partial charge >= 0.3 is 17.9 Å². The molecule has 0 unspecified atom stereocenters. The van der Waals surface area contributed by atoms with Crippen LogP contribution in [-0.2, 0) is 52.5 Å². The Hall–Kier alpha value is -3.85. The predicted octanol–water partition coefficient (Wildman–Crippen LogP) is 1.59. The number of hydrogen-bond donors (Lipinski definition) is 8. The zero-order valence-corrected chi connectivity index (χ0v) is 34.8. The van der Waals surface area contributed by atoms with Crippen LogP contribution in [0.25, 0.3) is 0 Å². The Morgan fingerprint density at radius 1 is 0.424 bits per heavy atom. The third-order valence-electron chi connectivity index (χ3n) is 8.93. The summed E-state index contributed by atoms with van der Waals surface area (Å²) >= 11 is 0. The third-order valence-corrected chi connectivity index (χ3v) is 8.93. The van der Waals surface area contributed by atoms with Crippen LogP contribution in [0, 0.1) is 0 Å². The Morgan fingerprint density at radius 3 is 1.34 bits per heavy atom. The van der Waals surface area contributed by atoms with Gasteiger partial charge in [0.05, 0.1) is 45.7 Å². The van der Waals surface area contributed by atoms with Crippen LogP contribution >= 0.6 is 0 Å². The molecule has 0 aliphatic carbocycles. The Balaban J connectivity index is 3.66. The maximum absolute atomic E-state index is 12.3. The van der Waals surface area contributed by atoms with E-state index >= 15 is 0 Å². The highest BCUT2D eigenvalue weighted by molar-refractivity contribution is 6.06. The lowest BCUT2D eigenvalue weighted by Crippen LogP contribution is -2.41. The lowest BCUT2D eigenvalue weighted by Gasteiger charge is -2.14. The molecule has 2 radical (unpaired) electrons. The van der Waals surface area contributed by atoms with E-state index in [0.29, 0.717) is 32.2 Å². The predicted molar refractivity (Wildman–Crippen MR) is 218 cm³/mol. The number of aliphatic carboxylic acids is 3. The molecule has 0 aromatic heterocycles. The van der Waals surface area contributed by atoms with Crippen molar-refractivity contribution < 1.29 is 67.8 Å². The maximum Gasteiger partial charge on any atom is 0.326 e. The maximum atomic E-state index is 12.3. The summed E-state index contributed by atoms with van der Waals surface area (Å²) in [5.41, 5.74) is 0. The standard InChI is InChI=1S/C39H70BN5O14/c40-45-32(39(54)55)15-13-14-20-41-35(48)29-58-27-26-57-24-22-43-36(49)30-59-28-25-56-23-21-42-33(46)19-18-31(38(52)53)44-34(47)16-11-9-7-5-3-1-2-4-6-8-10-12-17-37(50)51/h31-32,45H,1-30H2,(H,41,48)(H,42,46)(H,43,49)(H,44,47)(H,50,51)(H,52,53)(H,54,55)/t31-,32-/m0/s1. The number of carboxylic acids is 3. The second kappa shape index (κ2) is 39.6. The molecule has 0 saturated heterocycles. The first kappa shape index (κ1) is 55.2. The van der Waals surface area contributed by atoms with Crippen LogP contribution in [0.3, 0.4) is 0 Å². The second-order valence-corrected chi connectivity index (χ2v) is 14.1. The van der Waals surface area contributed by atoms with Crippen LogP contribution in [0.5, 0.6) is 0 Å². The van der Waals surface area contributed by atoms with Gasteiger partial charge in [-0.15, -0.1) is 0 Å². The fraction of sp³-hybridized carbons (Fsp3) is 0.821. The number of carbonyl (C=O) groups is 7. The van der Waals surface area contributed by atoms with Gasteiger partial charge in [0.2, 0.25) is 23.6 Å². The Labute approximate surface area is 349 Å². The monoisotopic (exact) mass is 844 g/mol. The van der Waals surface area contributed by atoms with Gasteiger partial charge in [-0.1, -0.05) is 64.2 Å². The Bertz CT molecular complexity index is 1170. The summed E-state index contributed by atoms with van der Waals surface area (Å²) in [7, 11) is 5.16. The number of ether oxygens (including phenoxy) is 4. The van der Waals surface area contributed by atoms with Crippen molar-refractivity contribution in [3.8, 4) is 0 Å². The van der Waals surface area contributed by atoms with Crippen LogP contribution in [0.2, 0.25) is 0 Å². The number of hydrogen-bond acceptors (Lipinski definition) is 12. The summed E-state index contributed by atoms with van der Waals surface area (Å²) in [5.74, 6) is -4.29. The Morgan fingerprint density at radius 2 is 0.864 bits per heavy atom. The van der Waals surface area contributed by atoms with Gasteiger partial charge in [0.25, 0.3) is 0 Å². The number of carboxylic acid groups (broad SMARTS) is 3. The average Bonchev–Trinajstić information content (AvgIpc) is 3.19. The van der Waals surface area contributed by atoms with Crippen LogP contribution < -0.4 is 26.5 Å². The SMILES string of the molecule is [B]N[C@@H](CCCCNC(=O)COCCOCCNC(=O)COCCOCCNC(=O)CC[C@H](NC(=O)CCCCCCCCCCCCCCC(=O)O)C(=O)O)C(=O)O. The zero-order chi connectivity index (χ0) is 43.8. The average molecular weight is 844 g/mol. The molecule has 0 heterocycles. The van der Waals surface area contributed by atoms with Gasteiger partial charge in [-0.05, 0) is 38.5 Å². The molecule has 2 atom stereocenters. The fourth-order valence-electron chi connectivity index (χ4n) is 5.59. The van der Waals surface area contributed by atoms with Crippen molar-refractivity contribution in [2.24, 2.45) is 0 Å². The van der Waals surface area contributed by atoms with E-state index in [1.807, 2.05) is 0 Å². The molecule has 0 saturated carbocycles. The van der Waals surface area contributed by atoms with Crippen molar-refractivity contribution >= 4 is 49.5 Å². The molecule has 0 aromatic carbocycles. The highest BCUT2D eigenvalue weighted by atomic mass is 16.5. The zero-order valence-electron chi connectivity index (χ0n) is 34.8. The van der Waals surface area contributed by atoms with Crippen molar-refractivity contribution in [1.82, 2.24) is 26.5 Å². The molecule has 8 N–H and O–H groups in total. The summed E-state index contributed by atoms with van der Waals surface area (Å²) in [5, 5.41) is 39.7. The molecule has 0 bridgehead atoms. The van der Waals surface area contributed by atoms with Crippen LogP contribution in [-0.4, -0.2) is 149 Å². The molecular weight excluding hydrogens is 773 g/mol. The minimum atomic E-state index is -1.19. The van der Waals surface area contributed by atoms with Gasteiger partial charge in [0.15, 0.2) is 7.98 Å². The van der Waals surface area contributed by atoms with Crippen molar-refractivity contribution in [2.45, 2.75) is 134 Å². The molecule has 4 amide bonds. The van der Waals surface area contributed by atoms with E-state index in [4.69, 9.17) is 37.1 Å². The molecule has 0 fully saturated rings. The molecule has 0 spiro atoms. The summed E-state index contributed by atoms with van der Waals surface area (Å²) in [6, 6.07) is -1.97. The van der Waals surface area contributed by atoms with Crippen molar-refractivity contribution in [1.29, 1.82) is 0 Å². The first-order valence-electron chi connectivity index (χ1n) is 21.0. The molecular formula is C39H70BN5O14. The van der Waals surface area contributed by atoms with E-state index in [-0.39, 0.29) is 115 Å². The quantitative estimate of drug-likeness (QED) is 0.0320. The van der Waals surface area contributed by atoms with Gasteiger partial charge in [-0.2, -0.15) is 0 Å². The minimum absolute atomic E-state index is 0.0373. The van der Waals surface area contributed by atoms with E-state index in [1.54, 1.807) is 0 Å². The fourth-order valence-corrected chi connectivity index (χ4v) is 5.59. The van der Waals surface area contributed by atoms with Gasteiger partial charge in [0, 0.05) is 38.9 Å². The van der Waals surface area contributed by atoms with Crippen LogP contribution in [0.1, 0.15) is 122 Å². The largest absolute Gasteiger partial charge is 0.481 e. The molecule has 20 heteroatoms. The van der Waals surface area contributed by atoms with Crippen molar-refractivity contribution in [3.05, 3.63) is 0 Å². The molecule has 19 nitrogen and oxygen atoms in total. The molecule has 0 aromatic rings. The number of nitrogens with one attached hydrogen (secondary N) is 5. The van der Waals surface area contributed by atoms with E-state index in [0.717, 1.165) is 51.4 Å². The number of rotatable bonds is 43. The highest BCUT2D eigenvalue weighted by Gasteiger charge is 2.21. The van der Waals surface area contributed by atoms with Crippen LogP contribution in [0.4, 0.5) is 0 Å². The van der Waals surface area contributed by atoms with Gasteiger partial charge in [0.1, 0.15) is 19.3 Å². The lowest BCUT2D eigenvalue weighted by molar-refractivity contribution is -0.142. The molecule has 338 valence electrons. The van der Waals surface area contributed by atoms with Crippen LogP contribution in [0.15, 0.2) is 0 Å². The number of amides is 4. The molecule has 59 heavy (non-hydrogen) atoms. The summed E-state index contributed by atoms with van der Waals surface area (Å²) < 4.78 is 21.2. The van der Waals surface area contributed by atoms with E-state index in [2.05, 4.69) is 26.5 Å². The van der Waals surface area contributed by atoms with E-state index in [9.17, 15) is 38.7 Å². The molecule has 0 aliphatic heterocycles. The number of carbonyl (C=O) groups excluding carboxylic acids is 4. The second-order valence-electron chi connectivity index (χ2n) is 14.1. The lowest BCUT2D eigenvalue weighted by atomic mass is 10.0. The van der Waals surface area contributed by atoms with E-state index in [1.165, 1.54) is 19.3 Å². The topological polar surface area (TPSA) is 277 Å². The summed E-state index contributed by atoms with van der Waals surface area (Å²) in [4.78, 5) is 81.1. The minimum Gasteiger partial charge on any atom is -0.481 e. The van der Waals surface area contributed by atoms with Crippen molar-refractivity contribution in [2.75, 3.05) is 72.5 Å². The molecule has 0 rings (SSSR count). The number of unbranched alkanes of at least 4 members (excludes halogenated alkanes) is 12. The van der Waals surface area contributed by atoms with Crippen molar-refractivity contribution in [3.63, 3.8) is 0 Å². The van der Waals surface area contributed by atoms with Gasteiger partial charge in [-0.3, -0.25) is 28.8 Å². The highest BCUT2D eigenvalue weighted by Crippen LogP contribution is 2.13. The normalized spacial score (nSPS) is 12.0.